The average molecular weight is 649 g/mol. The summed E-state index contributed by atoms with van der Waals surface area (Å²) in [6.45, 7) is 2.35. The molecule has 3 rings (SSSR count). The first kappa shape index (κ1) is 22.6. The van der Waals surface area contributed by atoms with E-state index < -0.39 is 0 Å². The van der Waals surface area contributed by atoms with Crippen LogP contribution in [-0.2, 0) is 6.61 Å². The monoisotopic (exact) mass is 648 g/mol. The minimum absolute atomic E-state index is 0.0206. The minimum Gasteiger partial charge on any atom is -0.487 e. The number of aryl methyl sites for hydroxylation is 1. The van der Waals surface area contributed by atoms with Gasteiger partial charge in [0, 0.05) is 21.2 Å². The Bertz CT molecular complexity index is 1050. The van der Waals surface area contributed by atoms with E-state index in [4.69, 9.17) is 27.9 Å². The molecule has 0 aromatic heterocycles. The summed E-state index contributed by atoms with van der Waals surface area (Å²) in [5.41, 5.74) is 3.62. The summed E-state index contributed by atoms with van der Waals surface area (Å²) >= 11 is 16.6. The maximum Gasteiger partial charge on any atom is 0.185 e. The Morgan fingerprint density at radius 3 is 2.28 bits per heavy atom. The van der Waals surface area contributed by atoms with Gasteiger partial charge in [-0.2, -0.15) is 0 Å². The van der Waals surface area contributed by atoms with Crippen LogP contribution < -0.4 is 4.74 Å². The van der Waals surface area contributed by atoms with E-state index in [1.807, 2.05) is 55.5 Å². The highest BCUT2D eigenvalue weighted by Gasteiger charge is 2.10. The quantitative estimate of drug-likeness (QED) is 0.154. The van der Waals surface area contributed by atoms with Crippen LogP contribution in [0.15, 0.2) is 60.7 Å². The average Bonchev–Trinajstić information content (AvgIpc) is 2.67. The van der Waals surface area contributed by atoms with E-state index in [1.165, 1.54) is 0 Å². The van der Waals surface area contributed by atoms with Gasteiger partial charge in [-0.05, 0) is 88.0 Å². The molecule has 3 aromatic rings. The Kier molecular flexibility index (Phi) is 8.01. The Labute approximate surface area is 207 Å². The van der Waals surface area contributed by atoms with Crippen molar-refractivity contribution >= 4 is 80.2 Å². The van der Waals surface area contributed by atoms with Gasteiger partial charge >= 0.3 is 0 Å². The van der Waals surface area contributed by atoms with Crippen molar-refractivity contribution in [1.29, 1.82) is 0 Å². The zero-order valence-electron chi connectivity index (χ0n) is 15.4. The molecule has 0 bridgehead atoms. The molecule has 0 amide bonds. The van der Waals surface area contributed by atoms with E-state index >= 15 is 0 Å². The van der Waals surface area contributed by atoms with Crippen molar-refractivity contribution in [2.45, 2.75) is 13.5 Å². The van der Waals surface area contributed by atoms with E-state index in [0.717, 1.165) is 29.6 Å². The lowest BCUT2D eigenvalue weighted by molar-refractivity contribution is 0.104. The molecule has 0 heterocycles. The first-order chi connectivity index (χ1) is 13.8. The molecule has 0 saturated heterocycles. The van der Waals surface area contributed by atoms with Crippen LogP contribution in [0.5, 0.6) is 5.75 Å². The second-order valence-electron chi connectivity index (χ2n) is 6.40. The van der Waals surface area contributed by atoms with E-state index in [2.05, 4.69) is 45.2 Å². The minimum atomic E-state index is -0.0206. The zero-order valence-corrected chi connectivity index (χ0v) is 21.2. The molecule has 2 nitrogen and oxygen atoms in total. The fourth-order valence-corrected chi connectivity index (χ4v) is 5.18. The number of halogens is 4. The summed E-state index contributed by atoms with van der Waals surface area (Å²) in [5, 5.41) is 1.18. The molecular weight excluding hydrogens is 633 g/mol. The molecule has 148 valence electrons. The molecule has 0 aliphatic heterocycles. The van der Waals surface area contributed by atoms with Crippen LogP contribution in [0.1, 0.15) is 27.0 Å². The topological polar surface area (TPSA) is 26.3 Å². The number of benzene rings is 3. The molecule has 0 unspecified atom stereocenters. The smallest absolute Gasteiger partial charge is 0.185 e. The SMILES string of the molecule is Cc1ccc(C(=O)/C=C/c2cc(I)c(OCc3ccc(Cl)cc3Cl)c(I)c2)cc1. The number of allylic oxidation sites excluding steroid dienone is 1. The molecule has 0 N–H and O–H groups in total. The zero-order chi connectivity index (χ0) is 21.0. The molecule has 29 heavy (non-hydrogen) atoms. The summed E-state index contributed by atoms with van der Waals surface area (Å²) in [6, 6.07) is 16.9. The van der Waals surface area contributed by atoms with E-state index in [9.17, 15) is 4.79 Å². The van der Waals surface area contributed by atoms with Gasteiger partial charge in [0.25, 0.3) is 0 Å². The third kappa shape index (κ3) is 6.20. The molecule has 0 aliphatic carbocycles. The van der Waals surface area contributed by atoms with Crippen molar-refractivity contribution in [2.24, 2.45) is 0 Å². The summed E-state index contributed by atoms with van der Waals surface area (Å²) in [5.74, 6) is 0.770. The fraction of sp³-hybridized carbons (Fsp3) is 0.0870. The predicted octanol–water partition coefficient (Wildman–Crippen LogP) is 7.99. The highest BCUT2D eigenvalue weighted by molar-refractivity contribution is 14.1. The van der Waals surface area contributed by atoms with Gasteiger partial charge in [0.15, 0.2) is 5.78 Å². The molecule has 0 fully saturated rings. The lowest BCUT2D eigenvalue weighted by Crippen LogP contribution is -2.00. The maximum atomic E-state index is 12.3. The van der Waals surface area contributed by atoms with Crippen molar-refractivity contribution in [3.8, 4) is 5.75 Å². The van der Waals surface area contributed by atoms with Gasteiger partial charge in [-0.25, -0.2) is 0 Å². The lowest BCUT2D eigenvalue weighted by Gasteiger charge is -2.12. The molecule has 0 radical (unpaired) electrons. The van der Waals surface area contributed by atoms with Crippen molar-refractivity contribution in [2.75, 3.05) is 0 Å². The molecule has 6 heteroatoms. The Hall–Kier alpha value is -1.09. The highest BCUT2D eigenvalue weighted by Crippen LogP contribution is 2.31. The van der Waals surface area contributed by atoms with Gasteiger partial charge in [-0.1, -0.05) is 65.2 Å². The molecule has 0 saturated carbocycles. The largest absolute Gasteiger partial charge is 0.487 e. The Morgan fingerprint density at radius 1 is 1.00 bits per heavy atom. The summed E-state index contributed by atoms with van der Waals surface area (Å²) in [4.78, 5) is 12.3. The molecular formula is C23H16Cl2I2O2. The van der Waals surface area contributed by atoms with Gasteiger partial charge < -0.3 is 4.74 Å². The van der Waals surface area contributed by atoms with Crippen molar-refractivity contribution in [3.05, 3.63) is 100 Å². The number of hydrogen-bond acceptors (Lipinski definition) is 2. The summed E-state index contributed by atoms with van der Waals surface area (Å²) in [7, 11) is 0. The highest BCUT2D eigenvalue weighted by atomic mass is 127. The van der Waals surface area contributed by atoms with Gasteiger partial charge in [0.1, 0.15) is 12.4 Å². The second-order valence-corrected chi connectivity index (χ2v) is 9.57. The standard InChI is InChI=1S/C23H16Cl2I2O2/c1-14-2-5-16(6-3-14)22(28)9-4-15-10-20(26)23(21(27)11-15)29-13-17-7-8-18(24)12-19(17)25/h2-12H,13H2,1H3/b9-4+. The van der Waals surface area contributed by atoms with Crippen molar-refractivity contribution in [1.82, 2.24) is 0 Å². The van der Waals surface area contributed by atoms with Crippen LogP contribution in [-0.4, -0.2) is 5.78 Å². The van der Waals surface area contributed by atoms with Crippen LogP contribution in [0.4, 0.5) is 0 Å². The maximum absolute atomic E-state index is 12.3. The predicted molar refractivity (Wildman–Crippen MR) is 137 cm³/mol. The third-order valence-electron chi connectivity index (χ3n) is 4.17. The summed E-state index contributed by atoms with van der Waals surface area (Å²) < 4.78 is 7.92. The second kappa shape index (κ2) is 10.3. The van der Waals surface area contributed by atoms with Crippen LogP contribution in [0.25, 0.3) is 6.08 Å². The number of carbonyl (C=O) groups excluding carboxylic acids is 1. The number of hydrogen-bond donors (Lipinski definition) is 0. The van der Waals surface area contributed by atoms with Crippen LogP contribution in [0.2, 0.25) is 10.0 Å². The fourth-order valence-electron chi connectivity index (χ4n) is 2.59. The number of rotatable bonds is 6. The number of ketones is 1. The van der Waals surface area contributed by atoms with Crippen LogP contribution >= 0.6 is 68.4 Å². The number of ether oxygens (including phenoxy) is 1. The first-order valence-corrected chi connectivity index (χ1v) is 11.6. The van der Waals surface area contributed by atoms with Crippen LogP contribution in [0.3, 0.4) is 0 Å². The third-order valence-corrected chi connectivity index (χ3v) is 6.36. The van der Waals surface area contributed by atoms with E-state index in [0.29, 0.717) is 22.2 Å². The van der Waals surface area contributed by atoms with Gasteiger partial charge in [-0.15, -0.1) is 0 Å². The van der Waals surface area contributed by atoms with Crippen molar-refractivity contribution in [3.63, 3.8) is 0 Å². The summed E-state index contributed by atoms with van der Waals surface area (Å²) in [6.07, 6.45) is 3.42. The molecule has 0 spiro atoms. The molecule has 0 aliphatic rings. The van der Waals surface area contributed by atoms with Gasteiger partial charge in [0.05, 0.1) is 7.14 Å². The Balaban J connectivity index is 1.73. The normalized spacial score (nSPS) is 11.1. The number of carbonyl (C=O) groups is 1. The van der Waals surface area contributed by atoms with E-state index in [-0.39, 0.29) is 5.78 Å². The van der Waals surface area contributed by atoms with Crippen LogP contribution in [0, 0.1) is 14.1 Å². The Morgan fingerprint density at radius 2 is 1.66 bits per heavy atom. The molecule has 0 atom stereocenters. The van der Waals surface area contributed by atoms with Gasteiger partial charge in [0.2, 0.25) is 0 Å². The van der Waals surface area contributed by atoms with Crippen molar-refractivity contribution < 1.29 is 9.53 Å². The lowest BCUT2D eigenvalue weighted by atomic mass is 10.1. The molecule has 3 aromatic carbocycles. The van der Waals surface area contributed by atoms with Gasteiger partial charge in [-0.3, -0.25) is 4.79 Å². The van der Waals surface area contributed by atoms with E-state index in [1.54, 1.807) is 18.2 Å². The first-order valence-electron chi connectivity index (χ1n) is 8.68.